The smallest absolute Gasteiger partial charge is 0.373 e. The molecule has 1 aliphatic heterocycles. The Morgan fingerprint density at radius 2 is 2.04 bits per heavy atom. The summed E-state index contributed by atoms with van der Waals surface area (Å²) in [5.74, 6) is -1.74. The minimum atomic E-state index is -5.19. The predicted molar refractivity (Wildman–Crippen MR) is 88.4 cm³/mol. The molecule has 4 N–H and O–H groups in total. The highest BCUT2D eigenvalue weighted by Gasteiger charge is 2.55. The molecule has 1 unspecified atom stereocenters. The van der Waals surface area contributed by atoms with Gasteiger partial charge in [0.15, 0.2) is 0 Å². The lowest BCUT2D eigenvalue weighted by Gasteiger charge is -2.25. The first-order valence-corrected chi connectivity index (χ1v) is 9.34. The van der Waals surface area contributed by atoms with Crippen molar-refractivity contribution >= 4 is 33.2 Å². The Bertz CT molecular complexity index is 793. The minimum absolute atomic E-state index is 0.199. The summed E-state index contributed by atoms with van der Waals surface area (Å²) in [5.41, 5.74) is -3.89. The lowest BCUT2D eigenvalue weighted by Crippen LogP contribution is -2.52. The lowest BCUT2D eigenvalue weighted by atomic mass is 10.1. The second-order valence-electron chi connectivity index (χ2n) is 5.98. The first-order chi connectivity index (χ1) is 11.8. The Morgan fingerprint density at radius 3 is 2.54 bits per heavy atom. The lowest BCUT2D eigenvalue weighted by molar-refractivity contribution is -0.242. The number of alkyl halides is 3. The average molecular weight is 416 g/mol. The SMILES string of the molecule is C[C@@](O)(C(=O)Nc1ccc(S(=O)(=O)NC2CCNC2)cc1Cl)C(F)(F)F. The van der Waals surface area contributed by atoms with E-state index in [1.807, 2.05) is 5.32 Å². The van der Waals surface area contributed by atoms with Crippen LogP contribution < -0.4 is 15.4 Å². The number of sulfonamides is 1. The van der Waals surface area contributed by atoms with Crippen molar-refractivity contribution in [2.24, 2.45) is 0 Å². The molecule has 0 saturated carbocycles. The fourth-order valence-corrected chi connectivity index (χ4v) is 3.77. The van der Waals surface area contributed by atoms with E-state index in [9.17, 15) is 31.5 Å². The quantitative estimate of drug-likeness (QED) is 0.578. The molecule has 1 amide bonds. The van der Waals surface area contributed by atoms with Gasteiger partial charge in [0.1, 0.15) is 0 Å². The average Bonchev–Trinajstić information content (AvgIpc) is 3.00. The van der Waals surface area contributed by atoms with Crippen LogP contribution in [0.2, 0.25) is 5.02 Å². The number of halogens is 4. The number of amides is 1. The van der Waals surface area contributed by atoms with Crippen LogP contribution in [0.1, 0.15) is 13.3 Å². The highest BCUT2D eigenvalue weighted by Crippen LogP contribution is 2.32. The zero-order valence-corrected chi connectivity index (χ0v) is 15.1. The molecule has 0 spiro atoms. The molecule has 1 saturated heterocycles. The van der Waals surface area contributed by atoms with Gasteiger partial charge in [-0.05, 0) is 38.1 Å². The van der Waals surface area contributed by atoms with Crippen molar-refractivity contribution in [3.8, 4) is 0 Å². The summed E-state index contributed by atoms with van der Waals surface area (Å²) < 4.78 is 65.1. The number of benzene rings is 1. The van der Waals surface area contributed by atoms with Crippen LogP contribution in [0.4, 0.5) is 18.9 Å². The summed E-state index contributed by atoms with van der Waals surface area (Å²) in [5, 5.41) is 13.9. The number of anilines is 1. The van der Waals surface area contributed by atoms with Crippen LogP contribution in [0.5, 0.6) is 0 Å². The fourth-order valence-electron chi connectivity index (χ4n) is 2.18. The Balaban J connectivity index is 2.18. The van der Waals surface area contributed by atoms with Crippen molar-refractivity contribution in [1.29, 1.82) is 0 Å². The number of carbonyl (C=O) groups is 1. The highest BCUT2D eigenvalue weighted by atomic mass is 35.5. The van der Waals surface area contributed by atoms with Gasteiger partial charge in [0.25, 0.3) is 5.91 Å². The number of hydrogen-bond donors (Lipinski definition) is 4. The van der Waals surface area contributed by atoms with Crippen LogP contribution in [-0.2, 0) is 14.8 Å². The normalized spacial score (nSPS) is 20.6. The first-order valence-electron chi connectivity index (χ1n) is 7.48. The predicted octanol–water partition coefficient (Wildman–Crippen LogP) is 1.23. The molecule has 1 aromatic rings. The summed E-state index contributed by atoms with van der Waals surface area (Å²) in [6, 6.07) is 2.87. The molecule has 0 radical (unpaired) electrons. The second-order valence-corrected chi connectivity index (χ2v) is 8.10. The molecule has 2 rings (SSSR count). The van der Waals surface area contributed by atoms with Gasteiger partial charge in [0.05, 0.1) is 15.6 Å². The molecule has 0 aromatic heterocycles. The van der Waals surface area contributed by atoms with Crippen LogP contribution in [0.25, 0.3) is 0 Å². The van der Waals surface area contributed by atoms with Crippen molar-refractivity contribution in [1.82, 2.24) is 10.0 Å². The Labute approximate surface area is 153 Å². The van der Waals surface area contributed by atoms with Gasteiger partial charge in [0.2, 0.25) is 15.6 Å². The number of hydrogen-bond acceptors (Lipinski definition) is 5. The van der Waals surface area contributed by atoms with Crippen molar-refractivity contribution in [3.05, 3.63) is 23.2 Å². The molecule has 0 aliphatic carbocycles. The van der Waals surface area contributed by atoms with E-state index >= 15 is 0 Å². The van der Waals surface area contributed by atoms with Crippen LogP contribution in [0, 0.1) is 0 Å². The number of aliphatic hydroxyl groups is 1. The van der Waals surface area contributed by atoms with E-state index in [0.29, 0.717) is 26.4 Å². The minimum Gasteiger partial charge on any atom is -0.373 e. The van der Waals surface area contributed by atoms with E-state index in [1.54, 1.807) is 0 Å². The van der Waals surface area contributed by atoms with Gasteiger partial charge in [-0.2, -0.15) is 13.2 Å². The van der Waals surface area contributed by atoms with Crippen molar-refractivity contribution in [3.63, 3.8) is 0 Å². The number of carbonyl (C=O) groups excluding carboxylic acids is 1. The molecular formula is C14H17ClF3N3O4S. The standard InChI is InChI=1S/C14H17ClF3N3O4S/c1-13(23,14(16,17)18)12(22)20-11-3-2-9(6-10(11)15)26(24,25)21-8-4-5-19-7-8/h2-3,6,8,19,21,23H,4-5,7H2,1H3,(H,20,22)/t8?,13-/m1/s1. The summed E-state index contributed by atoms with van der Waals surface area (Å²) in [4.78, 5) is 11.5. The molecule has 146 valence electrons. The van der Waals surface area contributed by atoms with Crippen molar-refractivity contribution in [2.75, 3.05) is 18.4 Å². The van der Waals surface area contributed by atoms with Gasteiger partial charge >= 0.3 is 6.18 Å². The molecule has 26 heavy (non-hydrogen) atoms. The molecule has 1 heterocycles. The van der Waals surface area contributed by atoms with E-state index in [4.69, 9.17) is 11.6 Å². The van der Waals surface area contributed by atoms with Gasteiger partial charge in [-0.1, -0.05) is 11.6 Å². The molecule has 1 fully saturated rings. The van der Waals surface area contributed by atoms with Gasteiger partial charge in [-0.3, -0.25) is 4.79 Å². The van der Waals surface area contributed by atoms with Crippen molar-refractivity contribution in [2.45, 2.75) is 36.1 Å². The molecule has 12 heteroatoms. The maximum absolute atomic E-state index is 12.7. The summed E-state index contributed by atoms with van der Waals surface area (Å²) in [6.45, 7) is 1.46. The largest absolute Gasteiger partial charge is 0.426 e. The van der Waals surface area contributed by atoms with Crippen LogP contribution in [0.15, 0.2) is 23.1 Å². The Morgan fingerprint density at radius 1 is 1.38 bits per heavy atom. The van der Waals surface area contributed by atoms with E-state index in [-0.39, 0.29) is 21.6 Å². The fraction of sp³-hybridized carbons (Fsp3) is 0.500. The first kappa shape index (κ1) is 20.9. The van der Waals surface area contributed by atoms with E-state index in [1.165, 1.54) is 0 Å². The van der Waals surface area contributed by atoms with E-state index in [0.717, 1.165) is 18.2 Å². The van der Waals surface area contributed by atoms with Crippen molar-refractivity contribution < 1.29 is 31.5 Å². The molecule has 1 aromatic carbocycles. The highest BCUT2D eigenvalue weighted by molar-refractivity contribution is 7.89. The monoisotopic (exact) mass is 415 g/mol. The zero-order valence-electron chi connectivity index (χ0n) is 13.5. The van der Waals surface area contributed by atoms with Crippen LogP contribution in [0.3, 0.4) is 0 Å². The Kier molecular flexibility index (Phi) is 5.88. The van der Waals surface area contributed by atoms with Crippen LogP contribution in [-0.4, -0.2) is 50.3 Å². The second kappa shape index (κ2) is 7.31. The van der Waals surface area contributed by atoms with Crippen LogP contribution >= 0.6 is 11.6 Å². The summed E-state index contributed by atoms with van der Waals surface area (Å²) in [7, 11) is -3.88. The molecular weight excluding hydrogens is 399 g/mol. The number of rotatable bonds is 5. The maximum Gasteiger partial charge on any atom is 0.426 e. The third kappa shape index (κ3) is 4.46. The van der Waals surface area contributed by atoms with Gasteiger partial charge in [-0.15, -0.1) is 0 Å². The molecule has 1 aliphatic rings. The topological polar surface area (TPSA) is 108 Å². The van der Waals surface area contributed by atoms with E-state index < -0.39 is 27.7 Å². The van der Waals surface area contributed by atoms with Gasteiger partial charge in [-0.25, -0.2) is 13.1 Å². The summed E-state index contributed by atoms with van der Waals surface area (Å²) >= 11 is 5.88. The van der Waals surface area contributed by atoms with Gasteiger partial charge in [0, 0.05) is 12.6 Å². The third-order valence-electron chi connectivity index (χ3n) is 3.88. The molecule has 7 nitrogen and oxygen atoms in total. The van der Waals surface area contributed by atoms with E-state index in [2.05, 4.69) is 10.0 Å². The zero-order chi connectivity index (χ0) is 19.8. The molecule has 0 bridgehead atoms. The third-order valence-corrected chi connectivity index (χ3v) is 5.71. The van der Waals surface area contributed by atoms with Gasteiger partial charge < -0.3 is 15.7 Å². The Hall–Kier alpha value is -1.40. The number of nitrogens with one attached hydrogen (secondary N) is 3. The molecule has 2 atom stereocenters. The summed E-state index contributed by atoms with van der Waals surface area (Å²) in [6.07, 6.45) is -4.57. The maximum atomic E-state index is 12.7.